The molecule has 1 aliphatic heterocycles. The van der Waals surface area contributed by atoms with E-state index < -0.39 is 30.1 Å². The lowest BCUT2D eigenvalue weighted by atomic mass is 9.81. The molecule has 4 atom stereocenters. The number of hydrogen-bond acceptors (Lipinski definition) is 9. The largest absolute Gasteiger partial charge is 0.378 e. The van der Waals surface area contributed by atoms with Crippen LogP contribution in [0.1, 0.15) is 39.6 Å². The first-order valence-corrected chi connectivity index (χ1v) is 13.4. The summed E-state index contributed by atoms with van der Waals surface area (Å²) < 4.78 is 0. The van der Waals surface area contributed by atoms with E-state index in [0.29, 0.717) is 30.0 Å². The Labute approximate surface area is 224 Å². The van der Waals surface area contributed by atoms with Gasteiger partial charge < -0.3 is 26.0 Å². The monoisotopic (exact) mass is 549 g/mol. The molecule has 1 fully saturated rings. The molecule has 0 spiro atoms. The van der Waals surface area contributed by atoms with Crippen molar-refractivity contribution in [2.24, 2.45) is 5.92 Å². The molecule has 1 saturated carbocycles. The van der Waals surface area contributed by atoms with Gasteiger partial charge in [0, 0.05) is 42.4 Å². The second-order valence-corrected chi connectivity index (χ2v) is 11.3. The first kappa shape index (κ1) is 27.4. The number of anilines is 1. The van der Waals surface area contributed by atoms with Gasteiger partial charge in [-0.15, -0.1) is 11.3 Å². The van der Waals surface area contributed by atoms with E-state index in [9.17, 15) is 19.5 Å². The third kappa shape index (κ3) is 6.82. The van der Waals surface area contributed by atoms with E-state index in [1.807, 2.05) is 7.05 Å². The summed E-state index contributed by atoms with van der Waals surface area (Å²) in [6.45, 7) is 1.66. The number of thiazole rings is 1. The molecule has 13 heteroatoms. The molecule has 11 nitrogen and oxygen atoms in total. The van der Waals surface area contributed by atoms with Crippen LogP contribution in [0.2, 0.25) is 5.15 Å². The number of pyridine rings is 1. The highest BCUT2D eigenvalue weighted by Gasteiger charge is 2.37. The van der Waals surface area contributed by atoms with Gasteiger partial charge in [-0.25, -0.2) is 9.97 Å². The summed E-state index contributed by atoms with van der Waals surface area (Å²) in [6.07, 6.45) is 3.01. The minimum Gasteiger partial charge on any atom is -0.378 e. The topological polar surface area (TPSA) is 140 Å². The number of aromatic nitrogens is 2. The van der Waals surface area contributed by atoms with Gasteiger partial charge in [-0.3, -0.25) is 19.3 Å². The number of nitrogens with zero attached hydrogens (tertiary/aromatic N) is 4. The van der Waals surface area contributed by atoms with Crippen LogP contribution >= 0.6 is 22.9 Å². The number of amides is 3. The predicted octanol–water partition coefficient (Wildman–Crippen LogP) is 1.08. The first-order chi connectivity index (χ1) is 17.6. The summed E-state index contributed by atoms with van der Waals surface area (Å²) in [5.41, 5.74) is 1.29. The molecular formula is C24H32ClN7O4S. The molecule has 4 rings (SSSR count). The average Bonchev–Trinajstić information content (AvgIpc) is 3.29. The van der Waals surface area contributed by atoms with Crippen LogP contribution in [0.5, 0.6) is 0 Å². The maximum absolute atomic E-state index is 13.2. The molecule has 2 aliphatic rings. The van der Waals surface area contributed by atoms with E-state index in [1.165, 1.54) is 23.6 Å². The highest BCUT2D eigenvalue weighted by Crippen LogP contribution is 2.30. The van der Waals surface area contributed by atoms with Gasteiger partial charge in [0.25, 0.3) is 5.91 Å². The zero-order valence-corrected chi connectivity index (χ0v) is 22.6. The summed E-state index contributed by atoms with van der Waals surface area (Å²) in [5.74, 6) is -2.09. The maximum Gasteiger partial charge on any atom is 0.313 e. The fourth-order valence-corrected chi connectivity index (χ4v) is 5.95. The lowest BCUT2D eigenvalue weighted by Crippen LogP contribution is -2.57. The minimum absolute atomic E-state index is 0.111. The van der Waals surface area contributed by atoms with Crippen molar-refractivity contribution in [1.29, 1.82) is 0 Å². The minimum atomic E-state index is -0.846. The van der Waals surface area contributed by atoms with Crippen molar-refractivity contribution in [1.82, 2.24) is 30.4 Å². The summed E-state index contributed by atoms with van der Waals surface area (Å²) in [6, 6.07) is 2.07. The standard InChI is InChI=1S/C24H32ClN7O4S/c1-31(2)24(36)13-4-6-15(28-21(34)20(33)27-14-5-7-19(25)26-11-14)17(10-13)29-22(35)23-30-16-8-9-32(3)12-18(16)37-23/h5,7,11,13,15,17,24,36H,4,6,8-10,12H2,1-3H3,(H,27,33)(H,28,34)(H,29,35)/t13-,15-,17+,24?/m0/s1. The Balaban J connectivity index is 1.45. The summed E-state index contributed by atoms with van der Waals surface area (Å²) in [7, 11) is 5.62. The molecule has 1 unspecified atom stereocenters. The normalized spacial score (nSPS) is 22.7. The van der Waals surface area contributed by atoms with Crippen LogP contribution in [0.4, 0.5) is 5.69 Å². The lowest BCUT2D eigenvalue weighted by Gasteiger charge is -2.39. The van der Waals surface area contributed by atoms with Crippen molar-refractivity contribution < 1.29 is 19.5 Å². The second kappa shape index (κ2) is 11.8. The molecular weight excluding hydrogens is 518 g/mol. The van der Waals surface area contributed by atoms with Crippen LogP contribution in [-0.4, -0.2) is 88.6 Å². The number of hydrogen-bond donors (Lipinski definition) is 4. The molecule has 0 radical (unpaired) electrons. The van der Waals surface area contributed by atoms with Crippen LogP contribution < -0.4 is 16.0 Å². The summed E-state index contributed by atoms with van der Waals surface area (Å²) in [5, 5.41) is 19.6. The lowest BCUT2D eigenvalue weighted by molar-refractivity contribution is -0.137. The number of carbonyl (C=O) groups excluding carboxylic acids is 3. The SMILES string of the molecule is CN1CCc2nc(C(=O)N[C@@H]3C[C@@H](C(O)N(C)C)CC[C@@H]3NC(=O)C(=O)Nc3ccc(Cl)nc3)sc2C1. The summed E-state index contributed by atoms with van der Waals surface area (Å²) >= 11 is 7.15. The molecule has 1 aliphatic carbocycles. The molecule has 4 N–H and O–H groups in total. The van der Waals surface area contributed by atoms with E-state index in [0.717, 1.165) is 30.1 Å². The number of carbonyl (C=O) groups is 3. The number of likely N-dealkylation sites (N-methyl/N-ethyl adjacent to an activating group) is 1. The van der Waals surface area contributed by atoms with Gasteiger partial charge in [0.05, 0.1) is 17.6 Å². The Morgan fingerprint density at radius 2 is 1.97 bits per heavy atom. The first-order valence-electron chi connectivity index (χ1n) is 12.2. The van der Waals surface area contributed by atoms with Crippen LogP contribution in [0, 0.1) is 5.92 Å². The van der Waals surface area contributed by atoms with Gasteiger partial charge in [0.15, 0.2) is 5.01 Å². The van der Waals surface area contributed by atoms with E-state index in [1.54, 1.807) is 25.1 Å². The quantitative estimate of drug-likeness (QED) is 0.238. The van der Waals surface area contributed by atoms with Crippen LogP contribution in [0.3, 0.4) is 0 Å². The Morgan fingerprint density at radius 3 is 2.68 bits per heavy atom. The zero-order valence-electron chi connectivity index (χ0n) is 21.0. The van der Waals surface area contributed by atoms with Gasteiger partial charge in [0.2, 0.25) is 0 Å². The van der Waals surface area contributed by atoms with Gasteiger partial charge in [-0.2, -0.15) is 0 Å². The third-order valence-electron chi connectivity index (χ3n) is 6.78. The number of aliphatic hydroxyl groups is 1. The van der Waals surface area contributed by atoms with Crippen LogP contribution in [-0.2, 0) is 22.6 Å². The third-order valence-corrected chi connectivity index (χ3v) is 8.09. The number of aliphatic hydroxyl groups excluding tert-OH is 1. The van der Waals surface area contributed by atoms with E-state index in [-0.39, 0.29) is 17.0 Å². The molecule has 0 saturated heterocycles. The molecule has 2 aromatic heterocycles. The van der Waals surface area contributed by atoms with Crippen molar-refractivity contribution in [3.05, 3.63) is 39.1 Å². The molecule has 3 amide bonds. The highest BCUT2D eigenvalue weighted by atomic mass is 35.5. The van der Waals surface area contributed by atoms with E-state index >= 15 is 0 Å². The molecule has 0 bridgehead atoms. The molecule has 3 heterocycles. The zero-order chi connectivity index (χ0) is 26.7. The van der Waals surface area contributed by atoms with Crippen LogP contribution in [0.15, 0.2) is 18.3 Å². The maximum atomic E-state index is 13.2. The predicted molar refractivity (Wildman–Crippen MR) is 140 cm³/mol. The van der Waals surface area contributed by atoms with Gasteiger partial charge >= 0.3 is 11.8 Å². The molecule has 2 aromatic rings. The Morgan fingerprint density at radius 1 is 1.19 bits per heavy atom. The number of halogens is 1. The van der Waals surface area contributed by atoms with Crippen molar-refractivity contribution in [2.45, 2.75) is 50.5 Å². The van der Waals surface area contributed by atoms with Crippen molar-refractivity contribution in [3.8, 4) is 0 Å². The van der Waals surface area contributed by atoms with Gasteiger partial charge in [0.1, 0.15) is 11.4 Å². The van der Waals surface area contributed by atoms with Crippen molar-refractivity contribution in [2.75, 3.05) is 33.0 Å². The average molecular weight is 550 g/mol. The Hall–Kier alpha value is -2.64. The number of nitrogens with one attached hydrogen (secondary N) is 3. The van der Waals surface area contributed by atoms with Crippen molar-refractivity contribution >= 4 is 46.3 Å². The molecule has 200 valence electrons. The van der Waals surface area contributed by atoms with Gasteiger partial charge in [-0.05, 0) is 52.5 Å². The Kier molecular flexibility index (Phi) is 8.75. The summed E-state index contributed by atoms with van der Waals surface area (Å²) in [4.78, 5) is 51.8. The number of fused-ring (bicyclic) bond motifs is 1. The number of rotatable bonds is 6. The Bertz CT molecular complexity index is 1140. The highest BCUT2D eigenvalue weighted by molar-refractivity contribution is 7.13. The van der Waals surface area contributed by atoms with Crippen LogP contribution in [0.25, 0.3) is 0 Å². The fourth-order valence-electron chi connectivity index (χ4n) is 4.75. The fraction of sp³-hybridized carbons (Fsp3) is 0.542. The van der Waals surface area contributed by atoms with E-state index in [4.69, 9.17) is 11.6 Å². The second-order valence-electron chi connectivity index (χ2n) is 9.81. The van der Waals surface area contributed by atoms with Gasteiger partial charge in [-0.1, -0.05) is 11.6 Å². The molecule has 0 aromatic carbocycles. The van der Waals surface area contributed by atoms with E-state index in [2.05, 4.69) is 30.8 Å². The smallest absolute Gasteiger partial charge is 0.313 e. The molecule has 37 heavy (non-hydrogen) atoms. The van der Waals surface area contributed by atoms with Crippen molar-refractivity contribution in [3.63, 3.8) is 0 Å².